The van der Waals surface area contributed by atoms with Gasteiger partial charge >= 0.3 is 0 Å². The van der Waals surface area contributed by atoms with E-state index in [-0.39, 0.29) is 0 Å². The summed E-state index contributed by atoms with van der Waals surface area (Å²) in [6.07, 6.45) is 4.23. The molecule has 124 valence electrons. The second-order valence-corrected chi connectivity index (χ2v) is 6.04. The second-order valence-electron chi connectivity index (χ2n) is 6.04. The van der Waals surface area contributed by atoms with Crippen LogP contribution in [0.2, 0.25) is 0 Å². The molecule has 2 aliphatic rings. The first-order valence-corrected chi connectivity index (χ1v) is 8.64. The number of nitrogens with zero attached hydrogens (tertiary/aromatic N) is 2. The van der Waals surface area contributed by atoms with Crippen molar-refractivity contribution in [3.63, 3.8) is 0 Å². The largest absolute Gasteiger partial charge is 0.462 e. The molecule has 0 aliphatic carbocycles. The summed E-state index contributed by atoms with van der Waals surface area (Å²) in [6, 6.07) is 8.29. The van der Waals surface area contributed by atoms with Gasteiger partial charge in [-0.3, -0.25) is 0 Å². The lowest BCUT2D eigenvalue weighted by Crippen LogP contribution is -2.33. The van der Waals surface area contributed by atoms with E-state index in [4.69, 9.17) is 4.74 Å². The molecule has 3 rings (SSSR count). The molecule has 23 heavy (non-hydrogen) atoms. The summed E-state index contributed by atoms with van der Waals surface area (Å²) >= 11 is 0. The van der Waals surface area contributed by atoms with Gasteiger partial charge in [0.15, 0.2) is 0 Å². The lowest BCUT2D eigenvalue weighted by atomic mass is 10.2. The molecule has 4 nitrogen and oxygen atoms in total. The molecule has 0 unspecified atom stereocenters. The number of fused-ring (bicyclic) bond motifs is 2. The van der Waals surface area contributed by atoms with Crippen LogP contribution >= 0.6 is 0 Å². The molecule has 2 aliphatic heterocycles. The summed E-state index contributed by atoms with van der Waals surface area (Å²) in [5.74, 6) is 0.975. The molecule has 4 heteroatoms. The highest BCUT2D eigenvalue weighted by Gasteiger charge is 2.23. The highest BCUT2D eigenvalue weighted by molar-refractivity contribution is 5.42. The molecule has 0 atom stereocenters. The summed E-state index contributed by atoms with van der Waals surface area (Å²) < 4.78 is 5.89. The Morgan fingerprint density at radius 1 is 1.22 bits per heavy atom. The molecule has 0 radical (unpaired) electrons. The average Bonchev–Trinajstić information content (AvgIpc) is 2.86. The summed E-state index contributed by atoms with van der Waals surface area (Å²) in [5, 5.41) is 3.57. The zero-order valence-electron chi connectivity index (χ0n) is 14.2. The fraction of sp³-hybridized carbons (Fsp3) is 0.474. The Kier molecular flexibility index (Phi) is 5.36. The number of nitrogens with one attached hydrogen (secondary N) is 1. The van der Waals surface area contributed by atoms with Crippen LogP contribution in [0, 0.1) is 0 Å². The molecule has 0 fully saturated rings. The maximum atomic E-state index is 5.89. The third kappa shape index (κ3) is 3.77. The van der Waals surface area contributed by atoms with E-state index in [1.54, 1.807) is 0 Å². The normalized spacial score (nSPS) is 16.4. The third-order valence-electron chi connectivity index (χ3n) is 4.67. The van der Waals surface area contributed by atoms with Crippen LogP contribution < -0.4 is 10.1 Å². The number of rotatable bonds is 7. The van der Waals surface area contributed by atoms with Crippen LogP contribution in [0.3, 0.4) is 0 Å². The zero-order valence-corrected chi connectivity index (χ0v) is 14.2. The maximum Gasteiger partial charge on any atom is 0.131 e. The van der Waals surface area contributed by atoms with Crippen molar-refractivity contribution in [2.75, 3.05) is 39.3 Å². The Bertz CT molecular complexity index is 590. The van der Waals surface area contributed by atoms with E-state index >= 15 is 0 Å². The highest BCUT2D eigenvalue weighted by Crippen LogP contribution is 2.31. The molecule has 1 aromatic rings. The Morgan fingerprint density at radius 2 is 2.04 bits per heavy atom. The van der Waals surface area contributed by atoms with Gasteiger partial charge < -0.3 is 19.9 Å². The van der Waals surface area contributed by atoms with Crippen molar-refractivity contribution < 1.29 is 4.74 Å². The molecule has 0 saturated carbocycles. The predicted molar refractivity (Wildman–Crippen MR) is 94.3 cm³/mol. The van der Waals surface area contributed by atoms with E-state index in [0.717, 1.165) is 51.6 Å². The van der Waals surface area contributed by atoms with Crippen LogP contribution in [-0.4, -0.2) is 49.1 Å². The van der Waals surface area contributed by atoms with E-state index < -0.39 is 0 Å². The van der Waals surface area contributed by atoms with E-state index in [1.807, 2.05) is 18.4 Å². The predicted octanol–water partition coefficient (Wildman–Crippen LogP) is 2.59. The van der Waals surface area contributed by atoms with E-state index in [0.29, 0.717) is 0 Å². The lowest BCUT2D eigenvalue weighted by Gasteiger charge is -2.20. The monoisotopic (exact) mass is 313 g/mol. The van der Waals surface area contributed by atoms with Gasteiger partial charge in [-0.25, -0.2) is 0 Å². The molecule has 0 spiro atoms. The van der Waals surface area contributed by atoms with Crippen molar-refractivity contribution in [3.8, 4) is 5.75 Å². The van der Waals surface area contributed by atoms with Gasteiger partial charge in [0.2, 0.25) is 0 Å². The summed E-state index contributed by atoms with van der Waals surface area (Å²) in [7, 11) is 0. The number of hydrogen-bond donors (Lipinski definition) is 1. The van der Waals surface area contributed by atoms with Gasteiger partial charge in [-0.05, 0) is 24.7 Å². The minimum Gasteiger partial charge on any atom is -0.462 e. The lowest BCUT2D eigenvalue weighted by molar-refractivity contribution is 0.303. The molecule has 0 amide bonds. The van der Waals surface area contributed by atoms with E-state index in [2.05, 4.69) is 47.2 Å². The number of likely N-dealkylation sites (N-methyl/N-ethyl adjacent to an activating group) is 1. The standard InChI is InChI=1S/C19H27N3O/c1-3-21(4-2)12-10-20-13-16-9-11-22-14-17-7-5-6-8-19(17)23-15-18(16)22/h5-9,15,20H,3-4,10-14H2,1-2H3. The van der Waals surface area contributed by atoms with Gasteiger partial charge in [-0.15, -0.1) is 0 Å². The summed E-state index contributed by atoms with van der Waals surface area (Å²) in [5.41, 5.74) is 3.82. The molecule has 0 saturated heterocycles. The second kappa shape index (κ2) is 7.66. The van der Waals surface area contributed by atoms with Crippen molar-refractivity contribution in [3.05, 3.63) is 53.4 Å². The van der Waals surface area contributed by atoms with E-state index in [9.17, 15) is 0 Å². The highest BCUT2D eigenvalue weighted by atomic mass is 16.5. The Hall–Kier alpha value is -1.78. The molecule has 1 aromatic carbocycles. The van der Waals surface area contributed by atoms with Crippen molar-refractivity contribution in [1.29, 1.82) is 0 Å². The third-order valence-corrected chi connectivity index (χ3v) is 4.67. The van der Waals surface area contributed by atoms with Crippen molar-refractivity contribution in [1.82, 2.24) is 15.1 Å². The van der Waals surface area contributed by atoms with E-state index in [1.165, 1.54) is 16.8 Å². The van der Waals surface area contributed by atoms with Gasteiger partial charge in [0.05, 0.1) is 5.70 Å². The fourth-order valence-electron chi connectivity index (χ4n) is 3.16. The smallest absolute Gasteiger partial charge is 0.131 e. The van der Waals surface area contributed by atoms with Crippen molar-refractivity contribution in [2.24, 2.45) is 0 Å². The van der Waals surface area contributed by atoms with Gasteiger partial charge in [0.25, 0.3) is 0 Å². The molecule has 2 heterocycles. The van der Waals surface area contributed by atoms with Crippen LogP contribution in [0.1, 0.15) is 19.4 Å². The number of ether oxygens (including phenoxy) is 1. The first-order chi connectivity index (χ1) is 11.3. The molecular weight excluding hydrogens is 286 g/mol. The Balaban J connectivity index is 1.54. The van der Waals surface area contributed by atoms with Gasteiger partial charge in [0, 0.05) is 38.3 Å². The van der Waals surface area contributed by atoms with Crippen LogP contribution in [-0.2, 0) is 6.54 Å². The molecule has 0 aromatic heterocycles. The first-order valence-electron chi connectivity index (χ1n) is 8.64. The van der Waals surface area contributed by atoms with Crippen LogP contribution in [0.5, 0.6) is 5.75 Å². The molecule has 1 N–H and O–H groups in total. The molecule has 0 bridgehead atoms. The number of para-hydroxylation sites is 1. The van der Waals surface area contributed by atoms with Crippen molar-refractivity contribution in [2.45, 2.75) is 20.4 Å². The maximum absolute atomic E-state index is 5.89. The first kappa shape index (κ1) is 16.1. The van der Waals surface area contributed by atoms with Crippen molar-refractivity contribution >= 4 is 0 Å². The van der Waals surface area contributed by atoms with Gasteiger partial charge in [-0.2, -0.15) is 0 Å². The summed E-state index contributed by atoms with van der Waals surface area (Å²) in [6.45, 7) is 11.6. The minimum atomic E-state index is 0.906. The fourth-order valence-corrected chi connectivity index (χ4v) is 3.16. The quantitative estimate of drug-likeness (QED) is 0.783. The van der Waals surface area contributed by atoms with Crippen LogP contribution in [0.15, 0.2) is 47.9 Å². The summed E-state index contributed by atoms with van der Waals surface area (Å²) in [4.78, 5) is 4.82. The van der Waals surface area contributed by atoms with Gasteiger partial charge in [-0.1, -0.05) is 38.1 Å². The van der Waals surface area contributed by atoms with Crippen LogP contribution in [0.25, 0.3) is 0 Å². The Labute approximate surface area is 139 Å². The molecular formula is C19H27N3O. The minimum absolute atomic E-state index is 0.906. The van der Waals surface area contributed by atoms with Gasteiger partial charge in [0.1, 0.15) is 12.0 Å². The number of hydrogen-bond acceptors (Lipinski definition) is 4. The zero-order chi connectivity index (χ0) is 16.1. The SMILES string of the molecule is CCN(CC)CCNCC1=CCN2Cc3ccccc3OC=C12. The Morgan fingerprint density at radius 3 is 2.87 bits per heavy atom. The average molecular weight is 313 g/mol. The number of benzene rings is 1. The topological polar surface area (TPSA) is 27.7 Å². The van der Waals surface area contributed by atoms with Crippen LogP contribution in [0.4, 0.5) is 0 Å².